The fraction of sp³-hybridized carbons (Fsp3) is 0.290. The van der Waals surface area contributed by atoms with Crippen molar-refractivity contribution in [2.75, 3.05) is 19.0 Å². The predicted octanol–water partition coefficient (Wildman–Crippen LogP) is 4.97. The van der Waals surface area contributed by atoms with Gasteiger partial charge < -0.3 is 25.3 Å². The van der Waals surface area contributed by atoms with Crippen molar-refractivity contribution >= 4 is 28.3 Å². The molecule has 2 aromatic heterocycles. The van der Waals surface area contributed by atoms with E-state index in [1.54, 1.807) is 48.8 Å². The fourth-order valence-corrected chi connectivity index (χ4v) is 4.67. The monoisotopic (exact) mass is 556 g/mol. The van der Waals surface area contributed by atoms with Crippen molar-refractivity contribution in [3.05, 3.63) is 78.5 Å². The number of aromatic nitrogens is 2. The van der Waals surface area contributed by atoms with Crippen LogP contribution >= 0.6 is 0 Å². The molecular weight excluding hydrogens is 527 g/mol. The molecule has 0 bridgehead atoms. The van der Waals surface area contributed by atoms with E-state index in [4.69, 9.17) is 19.9 Å². The summed E-state index contributed by atoms with van der Waals surface area (Å²) in [5.41, 5.74) is 6.33. The number of nitrogens with two attached hydrogens (primary N) is 1. The molecule has 210 valence electrons. The van der Waals surface area contributed by atoms with E-state index < -0.39 is 11.2 Å². The molecule has 3 N–H and O–H groups in total. The molecule has 2 aliphatic rings. The lowest BCUT2D eigenvalue weighted by Crippen LogP contribution is -2.32. The number of halogens is 1. The Bertz CT molecular complexity index is 1640. The smallest absolute Gasteiger partial charge is 0.238 e. The van der Waals surface area contributed by atoms with Crippen LogP contribution in [0.25, 0.3) is 10.9 Å². The van der Waals surface area contributed by atoms with Crippen molar-refractivity contribution in [3.63, 3.8) is 0 Å². The lowest BCUT2D eigenvalue weighted by Gasteiger charge is -2.16. The van der Waals surface area contributed by atoms with Crippen molar-refractivity contribution in [3.8, 4) is 23.0 Å². The molecule has 0 radical (unpaired) electrons. The zero-order valence-corrected chi connectivity index (χ0v) is 22.5. The number of pyridine rings is 2. The van der Waals surface area contributed by atoms with E-state index in [-0.39, 0.29) is 29.4 Å². The number of hydrogen-bond acceptors (Lipinski definition) is 8. The molecule has 6 rings (SSSR count). The zero-order valence-electron chi connectivity index (χ0n) is 22.5. The van der Waals surface area contributed by atoms with Gasteiger partial charge in [-0.3, -0.25) is 19.6 Å². The second-order valence-electron chi connectivity index (χ2n) is 10.7. The number of rotatable bonds is 11. The summed E-state index contributed by atoms with van der Waals surface area (Å²) in [5, 5.41) is 3.37. The van der Waals surface area contributed by atoms with Crippen LogP contribution in [0.1, 0.15) is 31.2 Å². The highest BCUT2D eigenvalue weighted by Crippen LogP contribution is 2.48. The van der Waals surface area contributed by atoms with Crippen molar-refractivity contribution in [2.45, 2.75) is 37.6 Å². The van der Waals surface area contributed by atoms with Gasteiger partial charge in [-0.05, 0) is 67.6 Å². The lowest BCUT2D eigenvalue weighted by molar-refractivity contribution is -0.132. The van der Waals surface area contributed by atoms with Gasteiger partial charge in [0, 0.05) is 30.3 Å². The van der Waals surface area contributed by atoms with Crippen LogP contribution in [0, 0.1) is 11.2 Å². The third-order valence-corrected chi connectivity index (χ3v) is 7.61. The number of ketones is 1. The Morgan fingerprint density at radius 3 is 2.51 bits per heavy atom. The second-order valence-corrected chi connectivity index (χ2v) is 10.7. The maximum atomic E-state index is 15.2. The molecular formula is C31H29FN4O5. The average Bonchev–Trinajstić information content (AvgIpc) is 3.91. The minimum atomic E-state index is -1.09. The predicted molar refractivity (Wildman–Crippen MR) is 150 cm³/mol. The fourth-order valence-electron chi connectivity index (χ4n) is 4.67. The number of hydrogen-bond donors (Lipinski definition) is 2. The number of Topliss-reactive ketones (excluding diaryl/α,β-unsaturated/α-hetero) is 1. The highest BCUT2D eigenvalue weighted by atomic mass is 19.1. The number of methoxy groups -OCH3 is 1. The molecule has 0 saturated heterocycles. The van der Waals surface area contributed by atoms with Gasteiger partial charge in [0.2, 0.25) is 5.91 Å². The summed E-state index contributed by atoms with van der Waals surface area (Å²) >= 11 is 0. The summed E-state index contributed by atoms with van der Waals surface area (Å²) in [7, 11) is 1.54. The Morgan fingerprint density at radius 1 is 1.00 bits per heavy atom. The third-order valence-electron chi connectivity index (χ3n) is 7.61. The van der Waals surface area contributed by atoms with Crippen molar-refractivity contribution in [2.24, 2.45) is 11.1 Å². The molecule has 41 heavy (non-hydrogen) atoms. The Hall–Kier alpha value is -4.57. The SMILES string of the molecule is COc1cc2c(Oc3ccc(CC(=O)C4(C(=O)Nc5cccnc5)CC4)cc3F)ccnc2cc1OCC1(N)CC1. The van der Waals surface area contributed by atoms with Crippen molar-refractivity contribution < 1.29 is 28.2 Å². The maximum absolute atomic E-state index is 15.2. The number of carbonyl (C=O) groups excluding carboxylic acids is 2. The zero-order chi connectivity index (χ0) is 28.6. The van der Waals surface area contributed by atoms with Crippen LogP contribution in [0.2, 0.25) is 0 Å². The number of nitrogens with one attached hydrogen (secondary N) is 1. The Morgan fingerprint density at radius 2 is 1.83 bits per heavy atom. The van der Waals surface area contributed by atoms with E-state index in [9.17, 15) is 9.59 Å². The van der Waals surface area contributed by atoms with Gasteiger partial charge in [-0.2, -0.15) is 0 Å². The molecule has 2 aromatic carbocycles. The maximum Gasteiger partial charge on any atom is 0.238 e. The molecule has 0 atom stereocenters. The highest BCUT2D eigenvalue weighted by molar-refractivity contribution is 6.14. The number of carbonyl (C=O) groups is 2. The van der Waals surface area contributed by atoms with Crippen LogP contribution in [-0.4, -0.2) is 40.9 Å². The standard InChI is InChI=1S/C31H29FN4O5/c1-39-26-15-21-23(16-27(26)40-18-30(33)7-8-30)35-12-6-24(21)41-25-5-4-19(13-22(25)32)14-28(37)31(9-10-31)29(38)36-20-3-2-11-34-17-20/h2-6,11-13,15-17H,7-10,14,18,33H2,1H3,(H,36,38). The Kier molecular flexibility index (Phi) is 6.78. The van der Waals surface area contributed by atoms with E-state index in [0.29, 0.717) is 58.9 Å². The van der Waals surface area contributed by atoms with E-state index in [1.165, 1.54) is 25.4 Å². The largest absolute Gasteiger partial charge is 0.493 e. The third kappa shape index (κ3) is 5.55. The number of fused-ring (bicyclic) bond motifs is 1. The van der Waals surface area contributed by atoms with Crippen molar-refractivity contribution in [1.82, 2.24) is 9.97 Å². The molecule has 0 unspecified atom stereocenters. The number of ether oxygens (including phenoxy) is 3. The molecule has 0 aliphatic heterocycles. The van der Waals surface area contributed by atoms with E-state index >= 15 is 4.39 Å². The first-order valence-electron chi connectivity index (χ1n) is 13.4. The second kappa shape index (κ2) is 10.4. The summed E-state index contributed by atoms with van der Waals surface area (Å²) in [5.74, 6) is 0.125. The molecule has 1 amide bonds. The lowest BCUT2D eigenvalue weighted by atomic mass is 9.94. The number of amides is 1. The quantitative estimate of drug-likeness (QED) is 0.248. The van der Waals surface area contributed by atoms with Gasteiger partial charge in [0.15, 0.2) is 28.8 Å². The topological polar surface area (TPSA) is 126 Å². The summed E-state index contributed by atoms with van der Waals surface area (Å²) in [6, 6.07) is 12.9. The van der Waals surface area contributed by atoms with E-state index in [2.05, 4.69) is 15.3 Å². The molecule has 0 spiro atoms. The first-order chi connectivity index (χ1) is 19.8. The summed E-state index contributed by atoms with van der Waals surface area (Å²) in [4.78, 5) is 34.3. The summed E-state index contributed by atoms with van der Waals surface area (Å²) < 4.78 is 32.5. The average molecular weight is 557 g/mol. The molecule has 2 fully saturated rings. The molecule has 4 aromatic rings. The minimum absolute atomic E-state index is 0.0118. The van der Waals surface area contributed by atoms with Gasteiger partial charge >= 0.3 is 0 Å². The van der Waals surface area contributed by atoms with Crippen LogP contribution < -0.4 is 25.3 Å². The molecule has 9 nitrogen and oxygen atoms in total. The first kappa shape index (κ1) is 26.6. The summed E-state index contributed by atoms with van der Waals surface area (Å²) in [6.07, 6.45) is 7.36. The summed E-state index contributed by atoms with van der Waals surface area (Å²) in [6.45, 7) is 0.376. The van der Waals surface area contributed by atoms with E-state index in [1.807, 2.05) is 0 Å². The number of benzene rings is 2. The Labute approximate surface area is 235 Å². The van der Waals surface area contributed by atoms with Crippen LogP contribution in [0.3, 0.4) is 0 Å². The van der Waals surface area contributed by atoms with Gasteiger partial charge in [0.25, 0.3) is 0 Å². The van der Waals surface area contributed by atoms with Gasteiger partial charge in [0.1, 0.15) is 17.8 Å². The van der Waals surface area contributed by atoms with Gasteiger partial charge in [-0.1, -0.05) is 6.07 Å². The highest BCUT2D eigenvalue weighted by Gasteiger charge is 2.55. The van der Waals surface area contributed by atoms with Gasteiger partial charge in [0.05, 0.1) is 30.0 Å². The molecule has 2 aliphatic carbocycles. The van der Waals surface area contributed by atoms with E-state index in [0.717, 1.165) is 12.8 Å². The van der Waals surface area contributed by atoms with Gasteiger partial charge in [-0.25, -0.2) is 4.39 Å². The normalized spacial score (nSPS) is 16.1. The molecule has 2 heterocycles. The minimum Gasteiger partial charge on any atom is -0.493 e. The van der Waals surface area contributed by atoms with Crippen LogP contribution in [0.4, 0.5) is 10.1 Å². The number of anilines is 1. The Balaban J connectivity index is 1.16. The van der Waals surface area contributed by atoms with Crippen LogP contribution in [0.5, 0.6) is 23.0 Å². The van der Waals surface area contributed by atoms with Crippen molar-refractivity contribution in [1.29, 1.82) is 0 Å². The molecule has 2 saturated carbocycles. The van der Waals surface area contributed by atoms with Crippen LogP contribution in [-0.2, 0) is 16.0 Å². The van der Waals surface area contributed by atoms with Crippen LogP contribution in [0.15, 0.2) is 67.1 Å². The van der Waals surface area contributed by atoms with Gasteiger partial charge in [-0.15, -0.1) is 0 Å². The molecule has 10 heteroatoms. The number of nitrogens with zero attached hydrogens (tertiary/aromatic N) is 2. The first-order valence-corrected chi connectivity index (χ1v) is 13.4.